The number of rotatable bonds is 4. The first-order valence-corrected chi connectivity index (χ1v) is 8.14. The van der Waals surface area contributed by atoms with Gasteiger partial charge in [-0.15, -0.1) is 0 Å². The standard InChI is InChI=1S/C16H23BrN2O/c1-3-16(8-10-18-11-9-16)15(20)19-12(2)13-4-6-14(17)7-5-13/h4-7,12,18H,3,8-11H2,1-2H3,(H,19,20)/t12-/m0/s1. The van der Waals surface area contributed by atoms with E-state index in [1.165, 1.54) is 0 Å². The van der Waals surface area contributed by atoms with E-state index in [4.69, 9.17) is 0 Å². The van der Waals surface area contributed by atoms with Gasteiger partial charge in [-0.1, -0.05) is 35.0 Å². The second kappa shape index (κ2) is 6.72. The summed E-state index contributed by atoms with van der Waals surface area (Å²) in [6, 6.07) is 8.18. The minimum atomic E-state index is -0.186. The maximum absolute atomic E-state index is 12.7. The van der Waals surface area contributed by atoms with E-state index < -0.39 is 0 Å². The lowest BCUT2D eigenvalue weighted by atomic mass is 9.75. The first kappa shape index (κ1) is 15.5. The highest BCUT2D eigenvalue weighted by molar-refractivity contribution is 9.10. The van der Waals surface area contributed by atoms with Crippen LogP contribution in [-0.2, 0) is 4.79 Å². The Labute approximate surface area is 129 Å². The van der Waals surface area contributed by atoms with Gasteiger partial charge in [-0.05, 0) is 57.0 Å². The number of hydrogen-bond donors (Lipinski definition) is 2. The van der Waals surface area contributed by atoms with Crippen LogP contribution in [0.4, 0.5) is 0 Å². The molecule has 1 saturated heterocycles. The quantitative estimate of drug-likeness (QED) is 0.883. The van der Waals surface area contributed by atoms with Crippen LogP contribution in [0.1, 0.15) is 44.7 Å². The maximum atomic E-state index is 12.7. The number of hydrogen-bond acceptors (Lipinski definition) is 2. The molecule has 4 heteroatoms. The summed E-state index contributed by atoms with van der Waals surface area (Å²) in [5.41, 5.74) is 0.955. The van der Waals surface area contributed by atoms with E-state index in [1.807, 2.05) is 19.1 Å². The van der Waals surface area contributed by atoms with Gasteiger partial charge in [-0.2, -0.15) is 0 Å². The van der Waals surface area contributed by atoms with Crippen molar-refractivity contribution < 1.29 is 4.79 Å². The zero-order valence-corrected chi connectivity index (χ0v) is 13.8. The van der Waals surface area contributed by atoms with Crippen LogP contribution in [0.15, 0.2) is 28.7 Å². The number of amides is 1. The van der Waals surface area contributed by atoms with Gasteiger partial charge in [-0.3, -0.25) is 4.79 Å². The molecular formula is C16H23BrN2O. The highest BCUT2D eigenvalue weighted by Crippen LogP contribution is 2.33. The maximum Gasteiger partial charge on any atom is 0.226 e. The normalized spacial score (nSPS) is 19.4. The molecule has 2 N–H and O–H groups in total. The Morgan fingerprint density at radius 2 is 1.95 bits per heavy atom. The van der Waals surface area contributed by atoms with Gasteiger partial charge in [0.1, 0.15) is 0 Å². The van der Waals surface area contributed by atoms with Crippen molar-refractivity contribution in [3.63, 3.8) is 0 Å². The first-order chi connectivity index (χ1) is 9.57. The van der Waals surface area contributed by atoms with Gasteiger partial charge in [0, 0.05) is 4.47 Å². The second-order valence-electron chi connectivity index (χ2n) is 5.63. The van der Waals surface area contributed by atoms with Crippen molar-refractivity contribution in [3.05, 3.63) is 34.3 Å². The molecule has 0 spiro atoms. The Morgan fingerprint density at radius 1 is 1.35 bits per heavy atom. The van der Waals surface area contributed by atoms with Crippen LogP contribution in [0.3, 0.4) is 0 Å². The molecule has 0 bridgehead atoms. The van der Waals surface area contributed by atoms with Crippen LogP contribution < -0.4 is 10.6 Å². The molecule has 20 heavy (non-hydrogen) atoms. The molecule has 1 fully saturated rings. The number of halogens is 1. The average molecular weight is 339 g/mol. The van der Waals surface area contributed by atoms with Crippen LogP contribution in [-0.4, -0.2) is 19.0 Å². The van der Waals surface area contributed by atoms with Gasteiger partial charge in [0.15, 0.2) is 0 Å². The topological polar surface area (TPSA) is 41.1 Å². The van der Waals surface area contributed by atoms with Crippen molar-refractivity contribution in [2.24, 2.45) is 5.41 Å². The molecule has 1 heterocycles. The highest BCUT2D eigenvalue weighted by atomic mass is 79.9. The lowest BCUT2D eigenvalue weighted by molar-refractivity contribution is -0.133. The van der Waals surface area contributed by atoms with Crippen molar-refractivity contribution >= 4 is 21.8 Å². The van der Waals surface area contributed by atoms with Gasteiger partial charge < -0.3 is 10.6 Å². The molecule has 0 radical (unpaired) electrons. The van der Waals surface area contributed by atoms with Crippen LogP contribution in [0.2, 0.25) is 0 Å². The summed E-state index contributed by atoms with van der Waals surface area (Å²) in [7, 11) is 0. The van der Waals surface area contributed by atoms with E-state index in [0.29, 0.717) is 0 Å². The fraction of sp³-hybridized carbons (Fsp3) is 0.562. The summed E-state index contributed by atoms with van der Waals surface area (Å²) in [5, 5.41) is 6.53. The summed E-state index contributed by atoms with van der Waals surface area (Å²) in [4.78, 5) is 12.7. The third-order valence-corrected chi connectivity index (χ3v) is 4.97. The van der Waals surface area contributed by atoms with E-state index >= 15 is 0 Å². The zero-order valence-electron chi connectivity index (χ0n) is 12.2. The SMILES string of the molecule is CCC1(C(=O)N[C@@H](C)c2ccc(Br)cc2)CCNCC1. The van der Waals surface area contributed by atoms with Crippen molar-refractivity contribution in [2.75, 3.05) is 13.1 Å². The van der Waals surface area contributed by atoms with Gasteiger partial charge in [-0.25, -0.2) is 0 Å². The van der Waals surface area contributed by atoms with Gasteiger partial charge in [0.25, 0.3) is 0 Å². The van der Waals surface area contributed by atoms with Crippen molar-refractivity contribution in [2.45, 2.75) is 39.2 Å². The lowest BCUT2D eigenvalue weighted by Crippen LogP contribution is -2.47. The Morgan fingerprint density at radius 3 is 2.50 bits per heavy atom. The van der Waals surface area contributed by atoms with Crippen LogP contribution >= 0.6 is 15.9 Å². The molecule has 1 aromatic carbocycles. The summed E-state index contributed by atoms with van der Waals surface area (Å²) >= 11 is 3.43. The molecule has 0 aromatic heterocycles. The second-order valence-corrected chi connectivity index (χ2v) is 6.55. The molecule has 0 aliphatic carbocycles. The Balaban J connectivity index is 2.04. The van der Waals surface area contributed by atoms with E-state index in [1.54, 1.807) is 0 Å². The third kappa shape index (κ3) is 3.41. The Bertz CT molecular complexity index is 452. The summed E-state index contributed by atoms with van der Waals surface area (Å²) in [6.07, 6.45) is 2.78. The molecule has 3 nitrogen and oxygen atoms in total. The molecule has 1 aliphatic heterocycles. The number of piperidine rings is 1. The minimum Gasteiger partial charge on any atom is -0.349 e. The minimum absolute atomic E-state index is 0.0499. The van der Waals surface area contributed by atoms with Gasteiger partial charge in [0.2, 0.25) is 5.91 Å². The Hall–Kier alpha value is -0.870. The fourth-order valence-corrected chi connectivity index (χ4v) is 3.10. The third-order valence-electron chi connectivity index (χ3n) is 4.44. The van der Waals surface area contributed by atoms with Crippen LogP contribution in [0, 0.1) is 5.41 Å². The summed E-state index contributed by atoms with van der Waals surface area (Å²) < 4.78 is 1.06. The average Bonchev–Trinajstić information content (AvgIpc) is 2.48. The van der Waals surface area contributed by atoms with Crippen molar-refractivity contribution in [3.8, 4) is 0 Å². The molecule has 1 amide bonds. The van der Waals surface area contributed by atoms with Crippen molar-refractivity contribution in [1.82, 2.24) is 10.6 Å². The molecule has 110 valence electrons. The fourth-order valence-electron chi connectivity index (χ4n) is 2.83. The molecular weight excluding hydrogens is 316 g/mol. The molecule has 0 saturated carbocycles. The van der Waals surface area contributed by atoms with Crippen LogP contribution in [0.5, 0.6) is 0 Å². The van der Waals surface area contributed by atoms with Gasteiger partial charge >= 0.3 is 0 Å². The molecule has 2 rings (SSSR count). The Kier molecular flexibility index (Phi) is 5.22. The summed E-state index contributed by atoms with van der Waals surface area (Å²) in [5.74, 6) is 0.205. The monoisotopic (exact) mass is 338 g/mol. The highest BCUT2D eigenvalue weighted by Gasteiger charge is 2.38. The van der Waals surface area contributed by atoms with Crippen LogP contribution in [0.25, 0.3) is 0 Å². The molecule has 1 aromatic rings. The zero-order chi connectivity index (χ0) is 14.6. The van der Waals surface area contributed by atoms with E-state index in [-0.39, 0.29) is 17.4 Å². The number of benzene rings is 1. The molecule has 1 atom stereocenters. The molecule has 1 aliphatic rings. The number of carbonyl (C=O) groups is 1. The summed E-state index contributed by atoms with van der Waals surface area (Å²) in [6.45, 7) is 6.04. The van der Waals surface area contributed by atoms with E-state index in [9.17, 15) is 4.79 Å². The lowest BCUT2D eigenvalue weighted by Gasteiger charge is -2.36. The van der Waals surface area contributed by atoms with E-state index in [2.05, 4.69) is 45.6 Å². The number of nitrogens with one attached hydrogen (secondary N) is 2. The predicted molar refractivity (Wildman–Crippen MR) is 85.5 cm³/mol. The first-order valence-electron chi connectivity index (χ1n) is 7.34. The van der Waals surface area contributed by atoms with Gasteiger partial charge in [0.05, 0.1) is 11.5 Å². The number of carbonyl (C=O) groups excluding carboxylic acids is 1. The van der Waals surface area contributed by atoms with Crippen molar-refractivity contribution in [1.29, 1.82) is 0 Å². The molecule has 0 unspecified atom stereocenters. The smallest absolute Gasteiger partial charge is 0.226 e. The predicted octanol–water partition coefficient (Wildman–Crippen LogP) is 3.41. The van der Waals surface area contributed by atoms with E-state index in [0.717, 1.165) is 42.4 Å². The largest absolute Gasteiger partial charge is 0.349 e.